The topological polar surface area (TPSA) is 72.9 Å². The number of hydrogen-bond acceptors (Lipinski definition) is 5. The molecule has 0 fully saturated rings. The normalized spacial score (nSPS) is 15.6. The van der Waals surface area contributed by atoms with E-state index in [4.69, 9.17) is 13.6 Å². The molecule has 1 amide bonds. The Morgan fingerprint density at radius 2 is 1.97 bits per heavy atom. The summed E-state index contributed by atoms with van der Waals surface area (Å²) in [4.78, 5) is 28.4. The molecule has 150 valence electrons. The zero-order valence-electron chi connectivity index (χ0n) is 15.9. The number of hydrogen-bond donors (Lipinski definition) is 0. The first-order valence-corrected chi connectivity index (χ1v) is 10.1. The molecule has 0 radical (unpaired) electrons. The fourth-order valence-electron chi connectivity index (χ4n) is 3.88. The standard InChI is InChI=1S/C23H16BrNO5/c1-28-15-5-2-4-13(10-15)20-19-21(26)17-11-14(24)7-8-18(17)30-22(19)23(27)25(20)12-16-6-3-9-29-16/h2-11,20H,12H2,1H3/t20-/m0/s1. The Bertz CT molecular complexity index is 1330. The Morgan fingerprint density at radius 1 is 1.10 bits per heavy atom. The zero-order chi connectivity index (χ0) is 20.8. The molecule has 0 N–H and O–H groups in total. The van der Waals surface area contributed by atoms with Crippen LogP contribution in [0.15, 0.2) is 79.0 Å². The molecule has 0 unspecified atom stereocenters. The lowest BCUT2D eigenvalue weighted by atomic mass is 9.98. The Balaban J connectivity index is 1.76. The number of methoxy groups -OCH3 is 1. The van der Waals surface area contributed by atoms with Crippen LogP contribution in [0, 0.1) is 0 Å². The van der Waals surface area contributed by atoms with Gasteiger partial charge in [0, 0.05) is 4.47 Å². The van der Waals surface area contributed by atoms with E-state index >= 15 is 0 Å². The van der Waals surface area contributed by atoms with Crippen molar-refractivity contribution in [3.8, 4) is 5.75 Å². The summed E-state index contributed by atoms with van der Waals surface area (Å²) < 4.78 is 17.5. The second kappa shape index (κ2) is 7.18. The third-order valence-electron chi connectivity index (χ3n) is 5.24. The molecule has 6 nitrogen and oxygen atoms in total. The van der Waals surface area contributed by atoms with Crippen LogP contribution in [0.5, 0.6) is 5.75 Å². The minimum absolute atomic E-state index is 0.0641. The summed E-state index contributed by atoms with van der Waals surface area (Å²) in [6.07, 6.45) is 1.55. The van der Waals surface area contributed by atoms with Gasteiger partial charge in [-0.3, -0.25) is 9.59 Å². The molecule has 0 saturated heterocycles. The summed E-state index contributed by atoms with van der Waals surface area (Å²) in [5, 5.41) is 0.420. The average molecular weight is 466 g/mol. The van der Waals surface area contributed by atoms with Gasteiger partial charge in [0.05, 0.1) is 36.9 Å². The number of fused-ring (bicyclic) bond motifs is 2. The van der Waals surface area contributed by atoms with Gasteiger partial charge in [-0.05, 0) is 48.0 Å². The molecule has 5 rings (SSSR count). The molecule has 1 aliphatic heterocycles. The van der Waals surface area contributed by atoms with Crippen LogP contribution >= 0.6 is 15.9 Å². The van der Waals surface area contributed by atoms with E-state index in [1.165, 1.54) is 0 Å². The van der Waals surface area contributed by atoms with Crippen LogP contribution in [0.4, 0.5) is 0 Å². The maximum atomic E-state index is 13.5. The maximum Gasteiger partial charge on any atom is 0.291 e. The molecule has 30 heavy (non-hydrogen) atoms. The molecule has 1 aliphatic rings. The number of carbonyl (C=O) groups is 1. The third kappa shape index (κ3) is 2.93. The monoisotopic (exact) mass is 465 g/mol. The van der Waals surface area contributed by atoms with Crippen molar-refractivity contribution in [1.82, 2.24) is 4.90 Å². The van der Waals surface area contributed by atoms with Crippen LogP contribution in [0.1, 0.15) is 33.5 Å². The summed E-state index contributed by atoms with van der Waals surface area (Å²) in [5.74, 6) is 0.966. The molecule has 1 atom stereocenters. The highest BCUT2D eigenvalue weighted by molar-refractivity contribution is 9.10. The Labute approximate surface area is 179 Å². The van der Waals surface area contributed by atoms with Crippen molar-refractivity contribution in [2.45, 2.75) is 12.6 Å². The van der Waals surface area contributed by atoms with Crippen molar-refractivity contribution in [3.63, 3.8) is 0 Å². The zero-order valence-corrected chi connectivity index (χ0v) is 17.5. The summed E-state index contributed by atoms with van der Waals surface area (Å²) in [6.45, 7) is 0.206. The van der Waals surface area contributed by atoms with Gasteiger partial charge < -0.3 is 18.5 Å². The lowest BCUT2D eigenvalue weighted by Gasteiger charge is -2.24. The van der Waals surface area contributed by atoms with E-state index in [0.717, 1.165) is 10.0 Å². The molecule has 2 aromatic carbocycles. The highest BCUT2D eigenvalue weighted by Crippen LogP contribution is 2.40. The van der Waals surface area contributed by atoms with Crippen LogP contribution in [0.25, 0.3) is 11.0 Å². The lowest BCUT2D eigenvalue weighted by Crippen LogP contribution is -2.29. The number of amides is 1. The maximum absolute atomic E-state index is 13.5. The molecular weight excluding hydrogens is 450 g/mol. The number of furan rings is 1. The van der Waals surface area contributed by atoms with Gasteiger partial charge in [-0.2, -0.15) is 0 Å². The largest absolute Gasteiger partial charge is 0.497 e. The minimum atomic E-state index is -0.618. The SMILES string of the molecule is COc1cccc([C@H]2c3c(oc4ccc(Br)cc4c3=O)C(=O)N2Cc2ccco2)c1. The van der Waals surface area contributed by atoms with Crippen LogP contribution in [0.2, 0.25) is 0 Å². The Kier molecular flexibility index (Phi) is 4.47. The molecule has 3 heterocycles. The van der Waals surface area contributed by atoms with E-state index in [1.807, 2.05) is 24.3 Å². The molecule has 0 bridgehead atoms. The van der Waals surface area contributed by atoms with E-state index in [0.29, 0.717) is 28.0 Å². The van der Waals surface area contributed by atoms with Crippen molar-refractivity contribution in [1.29, 1.82) is 0 Å². The van der Waals surface area contributed by atoms with Crippen molar-refractivity contribution in [3.05, 3.63) is 98.2 Å². The predicted molar refractivity (Wildman–Crippen MR) is 114 cm³/mol. The van der Waals surface area contributed by atoms with Gasteiger partial charge in [-0.1, -0.05) is 28.1 Å². The van der Waals surface area contributed by atoms with E-state index in [1.54, 1.807) is 48.6 Å². The highest BCUT2D eigenvalue weighted by Gasteiger charge is 2.43. The van der Waals surface area contributed by atoms with E-state index in [-0.39, 0.29) is 23.6 Å². The summed E-state index contributed by atoms with van der Waals surface area (Å²) in [6, 6.07) is 15.5. The van der Waals surface area contributed by atoms with Crippen molar-refractivity contribution in [2.75, 3.05) is 7.11 Å². The van der Waals surface area contributed by atoms with Crippen LogP contribution < -0.4 is 10.2 Å². The second-order valence-corrected chi connectivity index (χ2v) is 7.92. The van der Waals surface area contributed by atoms with Crippen molar-refractivity contribution < 1.29 is 18.4 Å². The van der Waals surface area contributed by atoms with Crippen molar-refractivity contribution in [2.24, 2.45) is 0 Å². The Morgan fingerprint density at radius 3 is 2.73 bits per heavy atom. The molecule has 0 saturated carbocycles. The fourth-order valence-corrected chi connectivity index (χ4v) is 4.25. The molecule has 4 aromatic rings. The van der Waals surface area contributed by atoms with Gasteiger partial charge in [-0.15, -0.1) is 0 Å². The van der Waals surface area contributed by atoms with Crippen molar-refractivity contribution >= 4 is 32.8 Å². The lowest BCUT2D eigenvalue weighted by molar-refractivity contribution is 0.0701. The van der Waals surface area contributed by atoms with Gasteiger partial charge in [0.2, 0.25) is 5.76 Å². The molecule has 0 aliphatic carbocycles. The number of nitrogens with zero attached hydrogens (tertiary/aromatic N) is 1. The molecule has 2 aromatic heterocycles. The van der Waals surface area contributed by atoms with Gasteiger partial charge in [-0.25, -0.2) is 0 Å². The Hall–Kier alpha value is -3.32. The summed E-state index contributed by atoms with van der Waals surface area (Å²) in [5.41, 5.74) is 1.23. The number of rotatable bonds is 4. The first-order chi connectivity index (χ1) is 14.6. The fraction of sp³-hybridized carbons (Fsp3) is 0.130. The van der Waals surface area contributed by atoms with E-state index in [2.05, 4.69) is 15.9 Å². The summed E-state index contributed by atoms with van der Waals surface area (Å²) >= 11 is 3.40. The third-order valence-corrected chi connectivity index (χ3v) is 5.74. The number of benzene rings is 2. The van der Waals surface area contributed by atoms with E-state index < -0.39 is 6.04 Å². The number of ether oxygens (including phenoxy) is 1. The van der Waals surface area contributed by atoms with Gasteiger partial charge in [0.15, 0.2) is 5.43 Å². The second-order valence-electron chi connectivity index (χ2n) is 7.01. The van der Waals surface area contributed by atoms with E-state index in [9.17, 15) is 9.59 Å². The smallest absolute Gasteiger partial charge is 0.291 e. The van der Waals surface area contributed by atoms with Gasteiger partial charge >= 0.3 is 0 Å². The minimum Gasteiger partial charge on any atom is -0.497 e. The molecule has 7 heteroatoms. The molecule has 0 spiro atoms. The van der Waals surface area contributed by atoms with Crippen LogP contribution in [0.3, 0.4) is 0 Å². The van der Waals surface area contributed by atoms with Crippen LogP contribution in [-0.2, 0) is 6.54 Å². The summed E-state index contributed by atoms with van der Waals surface area (Å²) in [7, 11) is 1.58. The quantitative estimate of drug-likeness (QED) is 0.428. The first-order valence-electron chi connectivity index (χ1n) is 9.30. The number of carbonyl (C=O) groups excluding carboxylic acids is 1. The number of halogens is 1. The average Bonchev–Trinajstić information content (AvgIpc) is 3.36. The van der Waals surface area contributed by atoms with Gasteiger partial charge in [0.25, 0.3) is 5.91 Å². The molecular formula is C23H16BrNO5. The highest BCUT2D eigenvalue weighted by atomic mass is 79.9. The van der Waals surface area contributed by atoms with Gasteiger partial charge in [0.1, 0.15) is 17.1 Å². The predicted octanol–water partition coefficient (Wildman–Crippen LogP) is 4.90. The van der Waals surface area contributed by atoms with Crippen LogP contribution in [-0.4, -0.2) is 17.9 Å². The first kappa shape index (κ1) is 18.7.